The summed E-state index contributed by atoms with van der Waals surface area (Å²) in [6.45, 7) is 6.28. The van der Waals surface area contributed by atoms with E-state index in [2.05, 4.69) is 40.2 Å². The van der Waals surface area contributed by atoms with Gasteiger partial charge in [-0.15, -0.1) is 0 Å². The number of halogens is 1. The van der Waals surface area contributed by atoms with Gasteiger partial charge in [-0.3, -0.25) is 4.68 Å². The van der Waals surface area contributed by atoms with Crippen molar-refractivity contribution >= 4 is 15.9 Å². The summed E-state index contributed by atoms with van der Waals surface area (Å²) in [6, 6.07) is 2.28. The van der Waals surface area contributed by atoms with E-state index < -0.39 is 0 Å². The van der Waals surface area contributed by atoms with Gasteiger partial charge in [0.2, 0.25) is 0 Å². The molecule has 0 fully saturated rings. The maximum Gasteiger partial charge on any atom is 0.129 e. The van der Waals surface area contributed by atoms with Crippen molar-refractivity contribution in [3.8, 4) is 0 Å². The summed E-state index contributed by atoms with van der Waals surface area (Å²) in [5.74, 6) is 0.931. The van der Waals surface area contributed by atoms with E-state index in [1.54, 1.807) is 6.26 Å². The summed E-state index contributed by atoms with van der Waals surface area (Å²) < 4.78 is 8.61. The van der Waals surface area contributed by atoms with Gasteiger partial charge in [0.25, 0.3) is 0 Å². The average Bonchev–Trinajstić information content (AvgIpc) is 2.89. The molecule has 2 heterocycles. The summed E-state index contributed by atoms with van der Waals surface area (Å²) in [7, 11) is 1.93. The lowest BCUT2D eigenvalue weighted by molar-refractivity contribution is 0.423. The normalized spacial score (nSPS) is 13.2. The van der Waals surface area contributed by atoms with Crippen LogP contribution < -0.4 is 5.32 Å². The smallest absolute Gasteiger partial charge is 0.129 e. The minimum atomic E-state index is -0.000671. The molecule has 0 aromatic carbocycles. The van der Waals surface area contributed by atoms with Gasteiger partial charge in [0.1, 0.15) is 11.8 Å². The molecule has 1 unspecified atom stereocenters. The first-order valence-corrected chi connectivity index (χ1v) is 6.79. The monoisotopic (exact) mass is 311 g/mol. The van der Waals surface area contributed by atoms with Crippen LogP contribution in [-0.4, -0.2) is 16.8 Å². The Morgan fingerprint density at radius 2 is 2.17 bits per heavy atom. The number of hydrogen-bond acceptors (Lipinski definition) is 3. The number of furan rings is 1. The molecule has 2 aromatic rings. The molecule has 0 aliphatic heterocycles. The third-order valence-electron chi connectivity index (χ3n) is 3.00. The first kappa shape index (κ1) is 13.4. The highest BCUT2D eigenvalue weighted by Crippen LogP contribution is 2.32. The number of rotatable bonds is 4. The van der Waals surface area contributed by atoms with E-state index in [1.807, 2.05) is 30.9 Å². The quantitative estimate of drug-likeness (QED) is 0.940. The Morgan fingerprint density at radius 3 is 2.67 bits per heavy atom. The maximum atomic E-state index is 5.61. The molecular formula is C13H18BrN3O. The number of aryl methyl sites for hydroxylation is 1. The second-order valence-corrected chi connectivity index (χ2v) is 5.46. The van der Waals surface area contributed by atoms with E-state index in [4.69, 9.17) is 4.42 Å². The maximum absolute atomic E-state index is 5.61. The van der Waals surface area contributed by atoms with Crippen LogP contribution in [0.5, 0.6) is 0 Å². The topological polar surface area (TPSA) is 43.0 Å². The van der Waals surface area contributed by atoms with Crippen molar-refractivity contribution in [2.45, 2.75) is 32.9 Å². The fourth-order valence-electron chi connectivity index (χ4n) is 2.10. The van der Waals surface area contributed by atoms with Crippen molar-refractivity contribution < 1.29 is 4.42 Å². The summed E-state index contributed by atoms with van der Waals surface area (Å²) in [5.41, 5.74) is 2.23. The predicted molar refractivity (Wildman–Crippen MR) is 74.7 cm³/mol. The Labute approximate surface area is 115 Å². The molecule has 0 amide bonds. The van der Waals surface area contributed by atoms with Gasteiger partial charge in [-0.1, -0.05) is 0 Å². The fraction of sp³-hybridized carbons (Fsp3) is 0.462. The Hall–Kier alpha value is -1.07. The zero-order valence-corrected chi connectivity index (χ0v) is 12.7. The third kappa shape index (κ3) is 2.24. The van der Waals surface area contributed by atoms with E-state index in [-0.39, 0.29) is 6.04 Å². The summed E-state index contributed by atoms with van der Waals surface area (Å²) in [5, 5.41) is 7.71. The van der Waals surface area contributed by atoms with Crippen molar-refractivity contribution in [2.24, 2.45) is 0 Å². The molecule has 0 spiro atoms. The van der Waals surface area contributed by atoms with Crippen LogP contribution in [0.3, 0.4) is 0 Å². The number of nitrogens with one attached hydrogen (secondary N) is 1. The van der Waals surface area contributed by atoms with Crippen LogP contribution in [0.15, 0.2) is 27.4 Å². The molecule has 1 N–H and O–H groups in total. The van der Waals surface area contributed by atoms with Crippen LogP contribution >= 0.6 is 15.9 Å². The minimum Gasteiger partial charge on any atom is -0.467 e. The molecule has 0 saturated carbocycles. The van der Waals surface area contributed by atoms with E-state index in [9.17, 15) is 0 Å². The van der Waals surface area contributed by atoms with Crippen LogP contribution in [0.4, 0.5) is 0 Å². The molecule has 0 bridgehead atoms. The lowest BCUT2D eigenvalue weighted by Gasteiger charge is -2.19. The average molecular weight is 312 g/mol. The van der Waals surface area contributed by atoms with Crippen molar-refractivity contribution in [3.05, 3.63) is 40.0 Å². The predicted octanol–water partition coefficient (Wildman–Crippen LogP) is 3.44. The Morgan fingerprint density at radius 1 is 1.44 bits per heavy atom. The van der Waals surface area contributed by atoms with E-state index in [0.717, 1.165) is 21.5 Å². The molecular weight excluding hydrogens is 294 g/mol. The molecule has 4 nitrogen and oxygen atoms in total. The molecule has 2 rings (SSSR count). The SMILES string of the molecule is CNC(c1occc1C)c1c(Br)cnn1C(C)C. The Balaban J connectivity index is 2.52. The third-order valence-corrected chi connectivity index (χ3v) is 3.61. The van der Waals surface area contributed by atoms with Crippen molar-refractivity contribution in [1.29, 1.82) is 0 Å². The molecule has 0 aliphatic rings. The molecule has 18 heavy (non-hydrogen) atoms. The van der Waals surface area contributed by atoms with Gasteiger partial charge in [0.15, 0.2) is 0 Å². The van der Waals surface area contributed by atoms with Gasteiger partial charge >= 0.3 is 0 Å². The molecule has 1 atom stereocenters. The lowest BCUT2D eigenvalue weighted by atomic mass is 10.1. The molecule has 0 aliphatic carbocycles. The fourth-order valence-corrected chi connectivity index (χ4v) is 2.61. The molecule has 5 heteroatoms. The summed E-state index contributed by atoms with van der Waals surface area (Å²) in [6.07, 6.45) is 3.55. The van der Waals surface area contributed by atoms with Gasteiger partial charge in [-0.25, -0.2) is 0 Å². The highest BCUT2D eigenvalue weighted by atomic mass is 79.9. The highest BCUT2D eigenvalue weighted by Gasteiger charge is 2.25. The van der Waals surface area contributed by atoms with Gasteiger partial charge in [-0.2, -0.15) is 5.10 Å². The zero-order valence-electron chi connectivity index (χ0n) is 11.1. The standard InChI is InChI=1S/C13H18BrN3O/c1-8(2)17-12(10(14)7-16-17)11(15-4)13-9(3)5-6-18-13/h5-8,11,15H,1-4H3. The van der Waals surface area contributed by atoms with Crippen LogP contribution in [0, 0.1) is 6.92 Å². The summed E-state index contributed by atoms with van der Waals surface area (Å²) in [4.78, 5) is 0. The highest BCUT2D eigenvalue weighted by molar-refractivity contribution is 9.10. The van der Waals surface area contributed by atoms with Crippen molar-refractivity contribution in [1.82, 2.24) is 15.1 Å². The molecule has 0 saturated heterocycles. The second-order valence-electron chi connectivity index (χ2n) is 4.61. The lowest BCUT2D eigenvalue weighted by Crippen LogP contribution is -2.23. The summed E-state index contributed by atoms with van der Waals surface area (Å²) >= 11 is 3.57. The Bertz CT molecular complexity index is 530. The molecule has 0 radical (unpaired) electrons. The number of hydrogen-bond donors (Lipinski definition) is 1. The first-order valence-electron chi connectivity index (χ1n) is 6.00. The molecule has 2 aromatic heterocycles. The van der Waals surface area contributed by atoms with Crippen molar-refractivity contribution in [2.75, 3.05) is 7.05 Å². The van der Waals surface area contributed by atoms with Crippen LogP contribution in [0.2, 0.25) is 0 Å². The van der Waals surface area contributed by atoms with E-state index in [0.29, 0.717) is 6.04 Å². The first-order chi connectivity index (χ1) is 8.56. The van der Waals surface area contributed by atoms with Crippen LogP contribution in [0.1, 0.15) is 42.9 Å². The number of nitrogens with zero attached hydrogens (tertiary/aromatic N) is 2. The Kier molecular flexibility index (Phi) is 3.92. The van der Waals surface area contributed by atoms with Gasteiger partial charge < -0.3 is 9.73 Å². The van der Waals surface area contributed by atoms with Gasteiger partial charge in [0.05, 0.1) is 22.6 Å². The minimum absolute atomic E-state index is 0.000671. The number of aromatic nitrogens is 2. The van der Waals surface area contributed by atoms with E-state index in [1.165, 1.54) is 0 Å². The van der Waals surface area contributed by atoms with Crippen LogP contribution in [-0.2, 0) is 0 Å². The van der Waals surface area contributed by atoms with Gasteiger partial charge in [0, 0.05) is 6.04 Å². The van der Waals surface area contributed by atoms with Crippen molar-refractivity contribution in [3.63, 3.8) is 0 Å². The van der Waals surface area contributed by atoms with Crippen LogP contribution in [0.25, 0.3) is 0 Å². The molecule has 98 valence electrons. The second kappa shape index (κ2) is 5.28. The largest absolute Gasteiger partial charge is 0.467 e. The van der Waals surface area contributed by atoms with Gasteiger partial charge in [-0.05, 0) is 55.4 Å². The van der Waals surface area contributed by atoms with E-state index >= 15 is 0 Å². The zero-order chi connectivity index (χ0) is 13.3.